The van der Waals surface area contributed by atoms with Gasteiger partial charge in [-0.2, -0.15) is 0 Å². The normalized spacial score (nSPS) is 10.7. The van der Waals surface area contributed by atoms with Gasteiger partial charge in [0.05, 0.1) is 0 Å². The highest BCUT2D eigenvalue weighted by Crippen LogP contribution is 2.26. The lowest BCUT2D eigenvalue weighted by Gasteiger charge is -2.16. The van der Waals surface area contributed by atoms with Gasteiger partial charge < -0.3 is 0 Å². The van der Waals surface area contributed by atoms with Gasteiger partial charge in [0.25, 0.3) is 0 Å². The van der Waals surface area contributed by atoms with E-state index < -0.39 is 5.92 Å². The molecule has 0 aromatic heterocycles. The fourth-order valence-electron chi connectivity index (χ4n) is 2.84. The molecule has 0 bridgehead atoms. The Morgan fingerprint density at radius 1 is 0.600 bits per heavy atom. The van der Waals surface area contributed by atoms with Gasteiger partial charge in [-0.25, -0.2) is 0 Å². The summed E-state index contributed by atoms with van der Waals surface area (Å²) in [6.07, 6.45) is 0. The second kappa shape index (κ2) is 7.27. The van der Waals surface area contributed by atoms with Crippen LogP contribution in [-0.4, -0.2) is 11.6 Å². The lowest BCUT2D eigenvalue weighted by Crippen LogP contribution is -2.22. The van der Waals surface area contributed by atoms with Crippen molar-refractivity contribution in [2.45, 2.75) is 19.8 Å². The maximum absolute atomic E-state index is 13.1. The molecule has 0 amide bonds. The second-order valence-corrected chi connectivity index (χ2v) is 6.30. The number of Topliss-reactive ketones (excluding diaryl/α,β-unsaturated/α-hetero) is 2. The standard InChI is InChI=1S/C23H20O2/c1-16-8-12-19(13-9-16)22(24)21(18-6-4-3-5-7-18)23(25)20-14-10-17(2)11-15-20/h3-15,21H,1-2H3. The molecule has 0 aliphatic heterocycles. The average Bonchev–Trinajstić information content (AvgIpc) is 2.64. The van der Waals surface area contributed by atoms with Crippen molar-refractivity contribution in [2.24, 2.45) is 0 Å². The topological polar surface area (TPSA) is 34.1 Å². The summed E-state index contributed by atoms with van der Waals surface area (Å²) in [6.45, 7) is 3.95. The first-order valence-corrected chi connectivity index (χ1v) is 8.33. The van der Waals surface area contributed by atoms with Crippen LogP contribution < -0.4 is 0 Å². The van der Waals surface area contributed by atoms with Gasteiger partial charge in [-0.15, -0.1) is 0 Å². The minimum Gasteiger partial charge on any atom is -0.293 e. The van der Waals surface area contributed by atoms with Gasteiger partial charge in [0.2, 0.25) is 0 Å². The Morgan fingerprint density at radius 2 is 1.00 bits per heavy atom. The van der Waals surface area contributed by atoms with E-state index >= 15 is 0 Å². The Kier molecular flexibility index (Phi) is 4.90. The van der Waals surface area contributed by atoms with Crippen molar-refractivity contribution in [3.63, 3.8) is 0 Å². The number of carbonyl (C=O) groups is 2. The van der Waals surface area contributed by atoms with E-state index in [1.54, 1.807) is 24.3 Å². The zero-order chi connectivity index (χ0) is 17.8. The number of hydrogen-bond acceptors (Lipinski definition) is 2. The summed E-state index contributed by atoms with van der Waals surface area (Å²) in [5.74, 6) is -1.17. The summed E-state index contributed by atoms with van der Waals surface area (Å²) in [5.41, 5.74) is 3.99. The van der Waals surface area contributed by atoms with Crippen LogP contribution in [0, 0.1) is 13.8 Å². The fourth-order valence-corrected chi connectivity index (χ4v) is 2.84. The quantitative estimate of drug-likeness (QED) is 0.479. The van der Waals surface area contributed by atoms with Gasteiger partial charge in [-0.1, -0.05) is 90.0 Å². The highest BCUT2D eigenvalue weighted by atomic mass is 16.2. The van der Waals surface area contributed by atoms with Crippen LogP contribution in [0.3, 0.4) is 0 Å². The van der Waals surface area contributed by atoms with Crippen molar-refractivity contribution < 1.29 is 9.59 Å². The molecule has 0 saturated carbocycles. The second-order valence-electron chi connectivity index (χ2n) is 6.30. The Hall–Kier alpha value is -3.00. The summed E-state index contributed by atoms with van der Waals surface area (Å²) in [7, 11) is 0. The van der Waals surface area contributed by atoms with E-state index in [-0.39, 0.29) is 11.6 Å². The van der Waals surface area contributed by atoms with Crippen LogP contribution in [0.5, 0.6) is 0 Å². The van der Waals surface area contributed by atoms with Crippen LogP contribution in [0.15, 0.2) is 78.9 Å². The lowest BCUT2D eigenvalue weighted by molar-refractivity contribution is 0.0860. The maximum atomic E-state index is 13.1. The number of ketones is 2. The van der Waals surface area contributed by atoms with E-state index in [0.29, 0.717) is 11.1 Å². The molecule has 2 nitrogen and oxygen atoms in total. The van der Waals surface area contributed by atoms with E-state index in [2.05, 4.69) is 0 Å². The van der Waals surface area contributed by atoms with Crippen molar-refractivity contribution >= 4 is 11.6 Å². The number of aryl methyl sites for hydroxylation is 2. The number of benzene rings is 3. The molecule has 0 radical (unpaired) electrons. The molecule has 3 aromatic rings. The van der Waals surface area contributed by atoms with Crippen molar-refractivity contribution in [1.82, 2.24) is 0 Å². The minimum atomic E-state index is -0.827. The van der Waals surface area contributed by atoms with Gasteiger partial charge in [-0.3, -0.25) is 9.59 Å². The van der Waals surface area contributed by atoms with Gasteiger partial charge in [-0.05, 0) is 19.4 Å². The minimum absolute atomic E-state index is 0.170. The summed E-state index contributed by atoms with van der Waals surface area (Å²) >= 11 is 0. The number of rotatable bonds is 5. The molecule has 0 atom stereocenters. The van der Waals surface area contributed by atoms with Crippen LogP contribution in [-0.2, 0) is 0 Å². The van der Waals surface area contributed by atoms with Crippen molar-refractivity contribution in [3.05, 3.63) is 107 Å². The van der Waals surface area contributed by atoms with Crippen LogP contribution >= 0.6 is 0 Å². The SMILES string of the molecule is Cc1ccc(C(=O)C(C(=O)c2ccc(C)cc2)c2ccccc2)cc1. The van der Waals surface area contributed by atoms with Crippen LogP contribution in [0.4, 0.5) is 0 Å². The third kappa shape index (κ3) is 3.74. The van der Waals surface area contributed by atoms with Crippen LogP contribution in [0.25, 0.3) is 0 Å². The predicted octanol–water partition coefficient (Wildman–Crippen LogP) is 5.15. The lowest BCUT2D eigenvalue weighted by atomic mass is 9.84. The summed E-state index contributed by atoms with van der Waals surface area (Å²) in [5, 5.41) is 0. The third-order valence-electron chi connectivity index (χ3n) is 4.33. The molecule has 124 valence electrons. The Morgan fingerprint density at radius 3 is 1.40 bits per heavy atom. The molecule has 0 aliphatic rings. The average molecular weight is 328 g/mol. The van der Waals surface area contributed by atoms with E-state index in [9.17, 15) is 9.59 Å². The van der Waals surface area contributed by atoms with E-state index in [0.717, 1.165) is 16.7 Å². The first kappa shape index (κ1) is 16.8. The predicted molar refractivity (Wildman–Crippen MR) is 100 cm³/mol. The van der Waals surface area contributed by atoms with Gasteiger partial charge in [0, 0.05) is 11.1 Å². The first-order chi connectivity index (χ1) is 12.1. The van der Waals surface area contributed by atoms with Gasteiger partial charge >= 0.3 is 0 Å². The molecule has 3 rings (SSSR count). The van der Waals surface area contributed by atoms with Gasteiger partial charge in [0.15, 0.2) is 11.6 Å². The smallest absolute Gasteiger partial charge is 0.178 e. The summed E-state index contributed by atoms with van der Waals surface area (Å²) < 4.78 is 0. The molecule has 0 N–H and O–H groups in total. The Balaban J connectivity index is 2.03. The van der Waals surface area contributed by atoms with E-state index in [4.69, 9.17) is 0 Å². The van der Waals surface area contributed by atoms with Crippen LogP contribution in [0.1, 0.15) is 43.3 Å². The van der Waals surface area contributed by atoms with E-state index in [1.165, 1.54) is 0 Å². The molecule has 0 saturated heterocycles. The molecule has 0 spiro atoms. The molecule has 0 fully saturated rings. The number of carbonyl (C=O) groups excluding carboxylic acids is 2. The molecular weight excluding hydrogens is 308 g/mol. The van der Waals surface area contributed by atoms with Crippen LogP contribution in [0.2, 0.25) is 0 Å². The largest absolute Gasteiger partial charge is 0.293 e. The van der Waals surface area contributed by atoms with Gasteiger partial charge in [0.1, 0.15) is 5.92 Å². The van der Waals surface area contributed by atoms with Crippen molar-refractivity contribution in [2.75, 3.05) is 0 Å². The monoisotopic (exact) mass is 328 g/mol. The first-order valence-electron chi connectivity index (χ1n) is 8.33. The third-order valence-corrected chi connectivity index (χ3v) is 4.33. The molecule has 2 heteroatoms. The molecule has 0 unspecified atom stereocenters. The maximum Gasteiger partial charge on any atom is 0.178 e. The Labute approximate surface area is 148 Å². The van der Waals surface area contributed by atoms with Crippen molar-refractivity contribution in [3.8, 4) is 0 Å². The highest BCUT2D eigenvalue weighted by Gasteiger charge is 2.30. The zero-order valence-corrected chi connectivity index (χ0v) is 14.4. The molecule has 3 aromatic carbocycles. The van der Waals surface area contributed by atoms with Crippen molar-refractivity contribution in [1.29, 1.82) is 0 Å². The molecule has 25 heavy (non-hydrogen) atoms. The Bertz CT molecular complexity index is 818. The summed E-state index contributed by atoms with van der Waals surface area (Å²) in [4.78, 5) is 26.2. The highest BCUT2D eigenvalue weighted by molar-refractivity contribution is 6.20. The zero-order valence-electron chi connectivity index (χ0n) is 14.4. The molecule has 0 heterocycles. The summed E-state index contributed by atoms with van der Waals surface area (Å²) in [6, 6.07) is 24.0. The van der Waals surface area contributed by atoms with E-state index in [1.807, 2.05) is 68.4 Å². The molecular formula is C23H20O2. The fraction of sp³-hybridized carbons (Fsp3) is 0.130. The molecule has 0 aliphatic carbocycles. The number of hydrogen-bond donors (Lipinski definition) is 0.